The minimum absolute atomic E-state index is 0.0570. The van der Waals surface area contributed by atoms with Gasteiger partial charge in [-0.2, -0.15) is 13.2 Å². The molecule has 0 aliphatic carbocycles. The Bertz CT molecular complexity index is 817. The number of carbonyl (C=O) groups excluding carboxylic acids is 2. The quantitative estimate of drug-likeness (QED) is 0.712. The van der Waals surface area contributed by atoms with Crippen LogP contribution in [0, 0.1) is 0 Å². The molecule has 1 N–H and O–H groups in total. The Morgan fingerprint density at radius 3 is 2.30 bits per heavy atom. The lowest BCUT2D eigenvalue weighted by molar-refractivity contribution is -0.138. The molecule has 0 spiro atoms. The Morgan fingerprint density at radius 1 is 1.07 bits per heavy atom. The molecular formula is C20H20F3NO3. The molecular weight excluding hydrogens is 359 g/mol. The van der Waals surface area contributed by atoms with E-state index in [-0.39, 0.29) is 12.3 Å². The molecule has 0 aliphatic rings. The van der Waals surface area contributed by atoms with E-state index in [0.29, 0.717) is 24.0 Å². The normalized spacial score (nSPS) is 11.1. The fourth-order valence-corrected chi connectivity index (χ4v) is 2.63. The van der Waals surface area contributed by atoms with Crippen LogP contribution in [0.1, 0.15) is 52.1 Å². The second-order valence-electron chi connectivity index (χ2n) is 5.84. The third-order valence-electron chi connectivity index (χ3n) is 3.85. The van der Waals surface area contributed by atoms with Gasteiger partial charge in [0.25, 0.3) is 5.91 Å². The molecule has 0 heterocycles. The molecule has 4 nitrogen and oxygen atoms in total. The van der Waals surface area contributed by atoms with Gasteiger partial charge in [-0.1, -0.05) is 31.5 Å². The Kier molecular flexibility index (Phi) is 6.60. The van der Waals surface area contributed by atoms with Gasteiger partial charge in [0.1, 0.15) is 0 Å². The summed E-state index contributed by atoms with van der Waals surface area (Å²) in [5, 5.41) is 2.61. The summed E-state index contributed by atoms with van der Waals surface area (Å²) in [5.41, 5.74) is -0.851. The molecule has 1 amide bonds. The Morgan fingerprint density at radius 2 is 1.74 bits per heavy atom. The number of benzene rings is 2. The third-order valence-corrected chi connectivity index (χ3v) is 3.85. The van der Waals surface area contributed by atoms with E-state index < -0.39 is 29.2 Å². The summed E-state index contributed by atoms with van der Waals surface area (Å²) in [4.78, 5) is 24.5. The Hall–Kier alpha value is -2.83. The predicted octanol–water partition coefficient (Wildman–Crippen LogP) is 5.09. The summed E-state index contributed by atoms with van der Waals surface area (Å²) < 4.78 is 45.1. The van der Waals surface area contributed by atoms with Crippen molar-refractivity contribution in [2.24, 2.45) is 0 Å². The summed E-state index contributed by atoms with van der Waals surface area (Å²) in [5.74, 6) is -1.55. The van der Waals surface area contributed by atoms with Crippen LogP contribution in [-0.2, 0) is 17.3 Å². The summed E-state index contributed by atoms with van der Waals surface area (Å²) in [6.45, 7) is 3.27. The van der Waals surface area contributed by atoms with E-state index in [0.717, 1.165) is 12.1 Å². The molecule has 0 saturated carbocycles. The van der Waals surface area contributed by atoms with Crippen LogP contribution in [0.4, 0.5) is 18.9 Å². The maximum Gasteiger partial charge on any atom is 0.417 e. The van der Waals surface area contributed by atoms with Crippen LogP contribution in [0.5, 0.6) is 0 Å². The van der Waals surface area contributed by atoms with Crippen molar-refractivity contribution >= 4 is 17.6 Å². The number of hydrogen-bond acceptors (Lipinski definition) is 3. The van der Waals surface area contributed by atoms with Gasteiger partial charge in [-0.3, -0.25) is 4.79 Å². The van der Waals surface area contributed by atoms with E-state index in [1.807, 2.05) is 6.92 Å². The summed E-state index contributed by atoms with van der Waals surface area (Å²) in [6, 6.07) is 10.2. The molecule has 27 heavy (non-hydrogen) atoms. The first kappa shape index (κ1) is 20.5. The zero-order chi connectivity index (χ0) is 20.0. The number of carbonyl (C=O) groups is 2. The molecule has 0 fully saturated rings. The van der Waals surface area contributed by atoms with Crippen molar-refractivity contribution in [3.8, 4) is 0 Å². The van der Waals surface area contributed by atoms with Crippen molar-refractivity contribution in [2.45, 2.75) is 32.9 Å². The van der Waals surface area contributed by atoms with Gasteiger partial charge in [0, 0.05) is 11.3 Å². The molecule has 7 heteroatoms. The smallest absolute Gasteiger partial charge is 0.417 e. The standard InChI is InChI=1S/C20H20F3NO3/c1-3-8-14-11-16(20(21,22)23)15(19(26)27-4-2)12-17(14)24-18(25)13-9-6-5-7-10-13/h5-7,9-12H,3-4,8H2,1-2H3,(H,24,25). The Balaban J connectivity index is 2.52. The Labute approximate surface area is 155 Å². The second kappa shape index (κ2) is 8.70. The average molecular weight is 379 g/mol. The van der Waals surface area contributed by atoms with E-state index >= 15 is 0 Å². The zero-order valence-corrected chi connectivity index (χ0v) is 15.0. The fourth-order valence-electron chi connectivity index (χ4n) is 2.63. The molecule has 0 atom stereocenters. The lowest BCUT2D eigenvalue weighted by Gasteiger charge is -2.18. The van der Waals surface area contributed by atoms with Crippen LogP contribution in [0.2, 0.25) is 0 Å². The van der Waals surface area contributed by atoms with E-state index in [1.54, 1.807) is 30.3 Å². The molecule has 0 radical (unpaired) electrons. The first-order chi connectivity index (χ1) is 12.8. The highest BCUT2D eigenvalue weighted by Crippen LogP contribution is 2.36. The van der Waals surface area contributed by atoms with Crippen LogP contribution >= 0.6 is 0 Å². The molecule has 2 aromatic carbocycles. The summed E-state index contributed by atoms with van der Waals surface area (Å²) in [6.07, 6.45) is -3.83. The molecule has 0 bridgehead atoms. The van der Waals surface area contributed by atoms with Crippen molar-refractivity contribution in [3.63, 3.8) is 0 Å². The third kappa shape index (κ3) is 5.09. The SMILES string of the molecule is CCCc1cc(C(F)(F)F)c(C(=O)OCC)cc1NC(=O)c1ccccc1. The van der Waals surface area contributed by atoms with E-state index in [1.165, 1.54) is 6.92 Å². The maximum absolute atomic E-state index is 13.4. The van der Waals surface area contributed by atoms with E-state index in [2.05, 4.69) is 5.32 Å². The van der Waals surface area contributed by atoms with Gasteiger partial charge in [-0.25, -0.2) is 4.79 Å². The number of anilines is 1. The number of alkyl halides is 3. The number of amides is 1. The molecule has 0 aromatic heterocycles. The van der Waals surface area contributed by atoms with Gasteiger partial charge in [0.05, 0.1) is 17.7 Å². The van der Waals surface area contributed by atoms with Gasteiger partial charge in [-0.05, 0) is 43.2 Å². The van der Waals surface area contributed by atoms with E-state index in [9.17, 15) is 22.8 Å². The highest BCUT2D eigenvalue weighted by molar-refractivity contribution is 6.05. The highest BCUT2D eigenvalue weighted by atomic mass is 19.4. The van der Waals surface area contributed by atoms with Crippen molar-refractivity contribution in [2.75, 3.05) is 11.9 Å². The molecule has 0 aliphatic heterocycles. The lowest BCUT2D eigenvalue weighted by Crippen LogP contribution is -2.19. The number of aryl methyl sites for hydroxylation is 1. The number of ether oxygens (including phenoxy) is 1. The summed E-state index contributed by atoms with van der Waals surface area (Å²) in [7, 11) is 0. The van der Waals surface area contributed by atoms with Crippen LogP contribution < -0.4 is 5.32 Å². The maximum atomic E-state index is 13.4. The minimum atomic E-state index is -4.72. The first-order valence-corrected chi connectivity index (χ1v) is 8.55. The van der Waals surface area contributed by atoms with Crippen molar-refractivity contribution < 1.29 is 27.5 Å². The number of halogens is 3. The van der Waals surface area contributed by atoms with Gasteiger partial charge in [0.15, 0.2) is 0 Å². The molecule has 144 valence electrons. The fraction of sp³-hybridized carbons (Fsp3) is 0.300. The number of hydrogen-bond donors (Lipinski definition) is 1. The van der Waals surface area contributed by atoms with Crippen molar-refractivity contribution in [1.82, 2.24) is 0 Å². The van der Waals surface area contributed by atoms with Gasteiger partial charge >= 0.3 is 12.1 Å². The number of nitrogens with one attached hydrogen (secondary N) is 1. The van der Waals surface area contributed by atoms with Crippen LogP contribution in [0.25, 0.3) is 0 Å². The number of rotatable bonds is 6. The predicted molar refractivity (Wildman–Crippen MR) is 95.8 cm³/mol. The van der Waals surface area contributed by atoms with Crippen molar-refractivity contribution in [1.29, 1.82) is 0 Å². The van der Waals surface area contributed by atoms with Crippen LogP contribution in [0.3, 0.4) is 0 Å². The average Bonchev–Trinajstić information content (AvgIpc) is 2.63. The minimum Gasteiger partial charge on any atom is -0.462 e. The second-order valence-corrected chi connectivity index (χ2v) is 5.84. The molecule has 0 saturated heterocycles. The van der Waals surface area contributed by atoms with Gasteiger partial charge in [0.2, 0.25) is 0 Å². The van der Waals surface area contributed by atoms with Crippen LogP contribution in [0.15, 0.2) is 42.5 Å². The van der Waals surface area contributed by atoms with Crippen molar-refractivity contribution in [3.05, 3.63) is 64.7 Å². The van der Waals surface area contributed by atoms with E-state index in [4.69, 9.17) is 4.74 Å². The topological polar surface area (TPSA) is 55.4 Å². The van der Waals surface area contributed by atoms with Crippen LogP contribution in [-0.4, -0.2) is 18.5 Å². The monoisotopic (exact) mass is 379 g/mol. The summed E-state index contributed by atoms with van der Waals surface area (Å²) >= 11 is 0. The molecule has 2 rings (SSSR count). The first-order valence-electron chi connectivity index (χ1n) is 8.55. The van der Waals surface area contributed by atoms with Gasteiger partial charge < -0.3 is 10.1 Å². The number of esters is 1. The van der Waals surface area contributed by atoms with Gasteiger partial charge in [-0.15, -0.1) is 0 Å². The zero-order valence-electron chi connectivity index (χ0n) is 15.0. The largest absolute Gasteiger partial charge is 0.462 e. The lowest BCUT2D eigenvalue weighted by atomic mass is 9.98. The molecule has 0 unspecified atom stereocenters. The highest BCUT2D eigenvalue weighted by Gasteiger charge is 2.36. The molecule has 2 aromatic rings.